The van der Waals surface area contributed by atoms with E-state index in [9.17, 15) is 5.11 Å². The number of aryl methyl sites for hydroxylation is 2. The minimum atomic E-state index is -0.255. The Morgan fingerprint density at radius 1 is 1.35 bits per heavy atom. The zero-order valence-corrected chi connectivity index (χ0v) is 11.2. The van der Waals surface area contributed by atoms with Crippen molar-refractivity contribution in [3.05, 3.63) is 17.0 Å². The molecule has 0 fully saturated rings. The van der Waals surface area contributed by atoms with Crippen LogP contribution in [0.4, 0.5) is 0 Å². The van der Waals surface area contributed by atoms with Gasteiger partial charge in [-0.25, -0.2) is 0 Å². The maximum atomic E-state index is 9.83. The fourth-order valence-corrected chi connectivity index (χ4v) is 2.00. The molecule has 0 saturated carbocycles. The largest absolute Gasteiger partial charge is 0.393 e. The second-order valence-electron chi connectivity index (χ2n) is 4.43. The Balaban J connectivity index is 2.46. The fourth-order valence-electron chi connectivity index (χ4n) is 2.00. The molecule has 1 rings (SSSR count). The van der Waals surface area contributed by atoms with Crippen molar-refractivity contribution in [2.75, 3.05) is 0 Å². The van der Waals surface area contributed by atoms with Gasteiger partial charge in [0.25, 0.3) is 0 Å². The van der Waals surface area contributed by atoms with Gasteiger partial charge in [-0.3, -0.25) is 4.68 Å². The van der Waals surface area contributed by atoms with Crippen molar-refractivity contribution in [3.63, 3.8) is 0 Å². The first-order valence-electron chi connectivity index (χ1n) is 6.13. The second kappa shape index (κ2) is 6.46. The minimum absolute atomic E-state index is 0.255. The third-order valence-electron chi connectivity index (χ3n) is 3.17. The average molecular weight is 234 g/mol. The summed E-state index contributed by atoms with van der Waals surface area (Å²) < 4.78 is 1.90. The van der Waals surface area contributed by atoms with Crippen molar-refractivity contribution in [3.8, 4) is 11.8 Å². The molecule has 0 aliphatic heterocycles. The first-order valence-corrected chi connectivity index (χ1v) is 6.13. The van der Waals surface area contributed by atoms with Crippen LogP contribution in [0, 0.1) is 25.7 Å². The molecular weight excluding hydrogens is 212 g/mol. The van der Waals surface area contributed by atoms with Crippen molar-refractivity contribution >= 4 is 0 Å². The molecule has 3 nitrogen and oxygen atoms in total. The molecule has 0 aromatic carbocycles. The van der Waals surface area contributed by atoms with Crippen molar-refractivity contribution in [2.24, 2.45) is 7.05 Å². The van der Waals surface area contributed by atoms with Gasteiger partial charge in [-0.1, -0.05) is 0 Å². The number of nitrogens with zero attached hydrogens (tertiary/aromatic N) is 2. The SMILES string of the molecule is CC#CCCC(O)CCc1c(C)nn(C)c1C. The molecular formula is C14H22N2O. The Kier molecular flexibility index (Phi) is 5.24. The zero-order chi connectivity index (χ0) is 12.8. The van der Waals surface area contributed by atoms with E-state index in [0.717, 1.165) is 31.4 Å². The third kappa shape index (κ3) is 3.90. The summed E-state index contributed by atoms with van der Waals surface area (Å²) in [6.45, 7) is 5.93. The Morgan fingerprint density at radius 3 is 2.59 bits per heavy atom. The second-order valence-corrected chi connectivity index (χ2v) is 4.43. The van der Waals surface area contributed by atoms with E-state index in [1.54, 1.807) is 0 Å². The third-order valence-corrected chi connectivity index (χ3v) is 3.17. The highest BCUT2D eigenvalue weighted by Gasteiger charge is 2.11. The number of rotatable bonds is 5. The van der Waals surface area contributed by atoms with E-state index in [4.69, 9.17) is 0 Å². The summed E-state index contributed by atoms with van der Waals surface area (Å²) in [5.74, 6) is 5.82. The normalized spacial score (nSPS) is 12.1. The summed E-state index contributed by atoms with van der Waals surface area (Å²) in [5, 5.41) is 14.2. The predicted octanol–water partition coefficient (Wildman–Crippen LogP) is 2.13. The van der Waals surface area contributed by atoms with Gasteiger partial charge in [-0.15, -0.1) is 11.8 Å². The van der Waals surface area contributed by atoms with Crippen LogP contribution in [0.5, 0.6) is 0 Å². The lowest BCUT2D eigenvalue weighted by Gasteiger charge is -2.08. The summed E-state index contributed by atoms with van der Waals surface area (Å²) in [4.78, 5) is 0. The van der Waals surface area contributed by atoms with Gasteiger partial charge < -0.3 is 5.11 Å². The summed E-state index contributed by atoms with van der Waals surface area (Å²) in [7, 11) is 1.96. The highest BCUT2D eigenvalue weighted by molar-refractivity contribution is 5.24. The highest BCUT2D eigenvalue weighted by atomic mass is 16.3. The molecule has 1 heterocycles. The van der Waals surface area contributed by atoms with Crippen LogP contribution in [-0.2, 0) is 13.5 Å². The van der Waals surface area contributed by atoms with Crippen molar-refractivity contribution in [1.29, 1.82) is 0 Å². The smallest absolute Gasteiger partial charge is 0.0628 e. The molecule has 0 aliphatic rings. The number of aromatic nitrogens is 2. The first kappa shape index (κ1) is 13.8. The molecule has 94 valence electrons. The molecule has 0 amide bonds. The number of hydrogen-bond acceptors (Lipinski definition) is 2. The van der Waals surface area contributed by atoms with Gasteiger partial charge in [0.05, 0.1) is 11.8 Å². The van der Waals surface area contributed by atoms with Crippen LogP contribution in [0.25, 0.3) is 0 Å². The molecule has 1 unspecified atom stereocenters. The Labute approximate surface area is 104 Å². The van der Waals surface area contributed by atoms with Crippen LogP contribution >= 0.6 is 0 Å². The van der Waals surface area contributed by atoms with E-state index in [2.05, 4.69) is 23.9 Å². The first-order chi connectivity index (χ1) is 8.06. The van der Waals surface area contributed by atoms with Crippen molar-refractivity contribution < 1.29 is 5.11 Å². The quantitative estimate of drug-likeness (QED) is 0.793. The topological polar surface area (TPSA) is 38.1 Å². The summed E-state index contributed by atoms with van der Waals surface area (Å²) >= 11 is 0. The molecule has 1 aromatic rings. The molecule has 17 heavy (non-hydrogen) atoms. The van der Waals surface area contributed by atoms with Crippen molar-refractivity contribution in [2.45, 2.75) is 52.6 Å². The lowest BCUT2D eigenvalue weighted by molar-refractivity contribution is 0.156. The van der Waals surface area contributed by atoms with Crippen LogP contribution in [0.3, 0.4) is 0 Å². The summed E-state index contributed by atoms with van der Waals surface area (Å²) in [6.07, 6.45) is 2.97. The predicted molar refractivity (Wildman–Crippen MR) is 69.7 cm³/mol. The van der Waals surface area contributed by atoms with Crippen LogP contribution in [0.15, 0.2) is 0 Å². The van der Waals surface area contributed by atoms with E-state index in [-0.39, 0.29) is 6.10 Å². The van der Waals surface area contributed by atoms with Crippen LogP contribution in [0.1, 0.15) is 43.1 Å². The molecule has 0 radical (unpaired) electrons. The van der Waals surface area contributed by atoms with Gasteiger partial charge in [0, 0.05) is 19.2 Å². The Bertz CT molecular complexity index is 423. The highest BCUT2D eigenvalue weighted by Crippen LogP contribution is 2.16. The van der Waals surface area contributed by atoms with Crippen LogP contribution < -0.4 is 0 Å². The van der Waals surface area contributed by atoms with Gasteiger partial charge in [0.1, 0.15) is 0 Å². The zero-order valence-electron chi connectivity index (χ0n) is 11.2. The maximum absolute atomic E-state index is 9.83. The molecule has 1 aromatic heterocycles. The van der Waals surface area contributed by atoms with Gasteiger partial charge >= 0.3 is 0 Å². The average Bonchev–Trinajstić information content (AvgIpc) is 2.51. The van der Waals surface area contributed by atoms with Crippen molar-refractivity contribution in [1.82, 2.24) is 9.78 Å². The Hall–Kier alpha value is -1.27. The maximum Gasteiger partial charge on any atom is 0.0628 e. The van der Waals surface area contributed by atoms with Crippen LogP contribution in [-0.4, -0.2) is 21.0 Å². The van der Waals surface area contributed by atoms with Gasteiger partial charge in [0.2, 0.25) is 0 Å². The summed E-state index contributed by atoms with van der Waals surface area (Å²) in [6, 6.07) is 0. The molecule has 0 spiro atoms. The lowest BCUT2D eigenvalue weighted by atomic mass is 10.0. The van der Waals surface area contributed by atoms with E-state index in [1.165, 1.54) is 11.3 Å². The van der Waals surface area contributed by atoms with E-state index < -0.39 is 0 Å². The molecule has 1 N–H and O–H groups in total. The lowest BCUT2D eigenvalue weighted by Crippen LogP contribution is -2.08. The van der Waals surface area contributed by atoms with E-state index >= 15 is 0 Å². The monoisotopic (exact) mass is 234 g/mol. The van der Waals surface area contributed by atoms with E-state index in [0.29, 0.717) is 0 Å². The molecule has 0 saturated heterocycles. The fraction of sp³-hybridized carbons (Fsp3) is 0.643. The minimum Gasteiger partial charge on any atom is -0.393 e. The number of hydrogen-bond donors (Lipinski definition) is 1. The molecule has 1 atom stereocenters. The number of aliphatic hydroxyl groups excluding tert-OH is 1. The molecule has 0 bridgehead atoms. The van der Waals surface area contributed by atoms with Gasteiger partial charge in [-0.2, -0.15) is 5.10 Å². The van der Waals surface area contributed by atoms with Gasteiger partial charge in [-0.05, 0) is 45.6 Å². The van der Waals surface area contributed by atoms with E-state index in [1.807, 2.05) is 25.6 Å². The van der Waals surface area contributed by atoms with Crippen LogP contribution in [0.2, 0.25) is 0 Å². The number of aliphatic hydroxyl groups is 1. The molecule has 0 aliphatic carbocycles. The standard InChI is InChI=1S/C14H22N2O/c1-5-6-7-8-13(17)9-10-14-11(2)15-16(4)12(14)3/h13,17H,7-10H2,1-4H3. The Morgan fingerprint density at radius 2 is 2.06 bits per heavy atom. The van der Waals surface area contributed by atoms with Gasteiger partial charge in [0.15, 0.2) is 0 Å². The molecule has 3 heteroatoms. The summed E-state index contributed by atoms with van der Waals surface area (Å²) in [5.41, 5.74) is 3.54.